The third kappa shape index (κ3) is 4.01. The van der Waals surface area contributed by atoms with Crippen molar-refractivity contribution in [2.75, 3.05) is 26.3 Å². The Morgan fingerprint density at radius 1 is 1.06 bits per heavy atom. The summed E-state index contributed by atoms with van der Waals surface area (Å²) < 4.78 is 12.0. The minimum atomic E-state index is -1.27. The normalized spacial score (nSPS) is 29.2. The highest BCUT2D eigenvalue weighted by Crippen LogP contribution is 2.47. The average Bonchev–Trinajstić information content (AvgIpc) is 3.09. The molecule has 1 amide bonds. The van der Waals surface area contributed by atoms with Crippen LogP contribution in [0.15, 0.2) is 16.6 Å². The summed E-state index contributed by atoms with van der Waals surface area (Å²) in [5, 5.41) is 1.42. The van der Waals surface area contributed by atoms with Crippen molar-refractivity contribution >= 4 is 23.6 Å². The number of carbonyl (C=O) groups is 3. The van der Waals surface area contributed by atoms with Gasteiger partial charge in [0.15, 0.2) is 11.3 Å². The van der Waals surface area contributed by atoms with E-state index < -0.39 is 23.7 Å². The lowest BCUT2D eigenvalue weighted by Gasteiger charge is -2.51. The number of guanidine groups is 1. The lowest BCUT2D eigenvalue weighted by molar-refractivity contribution is -0.194. The molecule has 0 saturated carbocycles. The summed E-state index contributed by atoms with van der Waals surface area (Å²) in [4.78, 5) is 51.0. The van der Waals surface area contributed by atoms with Crippen LogP contribution in [0.4, 0.5) is 0 Å². The molecule has 3 atom stereocenters. The molecule has 0 radical (unpaired) electrons. The highest BCUT2D eigenvalue weighted by molar-refractivity contribution is 6.16. The summed E-state index contributed by atoms with van der Waals surface area (Å²) in [6, 6.07) is 0. The molecule has 0 unspecified atom stereocenters. The van der Waals surface area contributed by atoms with Crippen molar-refractivity contribution in [3.05, 3.63) is 11.6 Å². The summed E-state index contributed by atoms with van der Waals surface area (Å²) in [7, 11) is 0. The zero-order valence-electron chi connectivity index (χ0n) is 18.9. The number of aliphatic imine (C=N–C) groups is 1. The fourth-order valence-electron chi connectivity index (χ4n) is 4.31. The van der Waals surface area contributed by atoms with E-state index in [0.717, 1.165) is 12.8 Å². The number of amides is 1. The molecule has 2 aliphatic heterocycles. The van der Waals surface area contributed by atoms with E-state index in [-0.39, 0.29) is 23.7 Å². The molecule has 3 aliphatic rings. The van der Waals surface area contributed by atoms with E-state index in [1.165, 1.54) is 16.0 Å². The van der Waals surface area contributed by atoms with Gasteiger partial charge in [0.05, 0.1) is 12.0 Å². The zero-order chi connectivity index (χ0) is 22.6. The minimum absolute atomic E-state index is 0.108. The van der Waals surface area contributed by atoms with Crippen LogP contribution in [0.1, 0.15) is 59.8 Å². The monoisotopic (exact) mass is 435 g/mol. The first-order chi connectivity index (χ1) is 15.0. The molecule has 31 heavy (non-hydrogen) atoms. The van der Waals surface area contributed by atoms with Crippen LogP contribution in [0, 0.1) is 0 Å². The Hall–Kier alpha value is -2.26. The van der Waals surface area contributed by atoms with Gasteiger partial charge in [-0.25, -0.2) is 4.79 Å². The smallest absolute Gasteiger partial charge is 0.335 e. The highest BCUT2D eigenvalue weighted by atomic mass is 16.7. The Morgan fingerprint density at radius 2 is 1.77 bits per heavy atom. The molecule has 0 aromatic rings. The number of ether oxygens (including phenoxy) is 2. The van der Waals surface area contributed by atoms with Crippen molar-refractivity contribution in [3.8, 4) is 0 Å². The molecule has 1 aliphatic carbocycles. The Kier molecular flexibility index (Phi) is 7.48. The van der Waals surface area contributed by atoms with E-state index in [0.29, 0.717) is 45.1 Å². The van der Waals surface area contributed by atoms with E-state index in [1.807, 2.05) is 27.7 Å². The lowest BCUT2D eigenvalue weighted by Crippen LogP contribution is -2.72. The Morgan fingerprint density at radius 3 is 2.42 bits per heavy atom. The molecule has 9 nitrogen and oxygen atoms in total. The second-order valence-corrected chi connectivity index (χ2v) is 8.04. The molecule has 2 fully saturated rings. The van der Waals surface area contributed by atoms with Gasteiger partial charge in [0.25, 0.3) is 5.91 Å². The standard InChI is InChI=1S/C22H33N3O6/c1-5-9-23-21-24(10-6-2)20(28)15-13-16(26)18(29-11-7-3)19(30-12-8-4)22(15)14-17(27)31-25(21)22/h13,18-19H,5-12,14H2,1-4H3/b23-21-/t18-,19-,22-/m1/s1. The topological polar surface area (TPSA) is 97.7 Å². The van der Waals surface area contributed by atoms with Gasteiger partial charge in [-0.05, 0) is 31.8 Å². The zero-order valence-corrected chi connectivity index (χ0v) is 18.9. The van der Waals surface area contributed by atoms with Crippen molar-refractivity contribution in [1.82, 2.24) is 9.96 Å². The average molecular weight is 436 g/mol. The van der Waals surface area contributed by atoms with Crippen molar-refractivity contribution in [3.63, 3.8) is 0 Å². The molecule has 2 saturated heterocycles. The van der Waals surface area contributed by atoms with Crippen molar-refractivity contribution in [2.45, 2.75) is 77.5 Å². The van der Waals surface area contributed by atoms with E-state index >= 15 is 0 Å². The second-order valence-electron chi connectivity index (χ2n) is 8.04. The van der Waals surface area contributed by atoms with Crippen molar-refractivity contribution in [1.29, 1.82) is 0 Å². The van der Waals surface area contributed by atoms with Gasteiger partial charge in [-0.1, -0.05) is 27.7 Å². The van der Waals surface area contributed by atoms with Crippen LogP contribution in [0.5, 0.6) is 0 Å². The van der Waals surface area contributed by atoms with Gasteiger partial charge in [-0.2, -0.15) is 5.06 Å². The lowest BCUT2D eigenvalue weighted by atomic mass is 9.72. The van der Waals surface area contributed by atoms with E-state index in [2.05, 4.69) is 4.99 Å². The summed E-state index contributed by atoms with van der Waals surface area (Å²) in [6.45, 7) is 9.43. The first-order valence-corrected chi connectivity index (χ1v) is 11.3. The third-order valence-electron chi connectivity index (χ3n) is 5.57. The Balaban J connectivity index is 2.19. The van der Waals surface area contributed by atoms with E-state index in [1.54, 1.807) is 0 Å². The maximum absolute atomic E-state index is 13.6. The van der Waals surface area contributed by atoms with Crippen LogP contribution in [-0.4, -0.2) is 77.6 Å². The second kappa shape index (κ2) is 9.91. The van der Waals surface area contributed by atoms with Crippen molar-refractivity contribution < 1.29 is 28.7 Å². The predicted octanol–water partition coefficient (Wildman–Crippen LogP) is 2.01. The Labute approximate surface area is 183 Å². The van der Waals surface area contributed by atoms with E-state index in [9.17, 15) is 14.4 Å². The number of rotatable bonds is 10. The molecule has 3 rings (SSSR count). The quantitative estimate of drug-likeness (QED) is 0.518. The van der Waals surface area contributed by atoms with Crippen LogP contribution >= 0.6 is 0 Å². The summed E-state index contributed by atoms with van der Waals surface area (Å²) >= 11 is 0. The fraction of sp³-hybridized carbons (Fsp3) is 0.727. The first-order valence-electron chi connectivity index (χ1n) is 11.3. The highest BCUT2D eigenvalue weighted by Gasteiger charge is 2.68. The molecule has 0 bridgehead atoms. The van der Waals surface area contributed by atoms with Crippen LogP contribution in [-0.2, 0) is 28.7 Å². The van der Waals surface area contributed by atoms with Gasteiger partial charge in [-0.15, -0.1) is 0 Å². The summed E-state index contributed by atoms with van der Waals surface area (Å²) in [5.74, 6) is -0.854. The van der Waals surface area contributed by atoms with Gasteiger partial charge in [0.2, 0.25) is 5.96 Å². The molecular weight excluding hydrogens is 402 g/mol. The fourth-order valence-corrected chi connectivity index (χ4v) is 4.31. The predicted molar refractivity (Wildman–Crippen MR) is 113 cm³/mol. The number of carbonyl (C=O) groups excluding carboxylic acids is 3. The molecule has 1 spiro atoms. The van der Waals surface area contributed by atoms with Crippen LogP contribution in [0.3, 0.4) is 0 Å². The van der Waals surface area contributed by atoms with Crippen LogP contribution < -0.4 is 0 Å². The summed E-state index contributed by atoms with van der Waals surface area (Å²) in [5.41, 5.74) is -1.06. The van der Waals surface area contributed by atoms with Gasteiger partial charge in [0.1, 0.15) is 12.2 Å². The third-order valence-corrected chi connectivity index (χ3v) is 5.57. The number of hydrogen-bond acceptors (Lipinski definition) is 7. The van der Waals surface area contributed by atoms with Gasteiger partial charge >= 0.3 is 5.97 Å². The Bertz CT molecular complexity index is 779. The molecule has 2 heterocycles. The summed E-state index contributed by atoms with van der Waals surface area (Å²) in [6.07, 6.45) is 2.31. The molecule has 0 N–H and O–H groups in total. The van der Waals surface area contributed by atoms with Gasteiger partial charge in [-0.3, -0.25) is 19.5 Å². The van der Waals surface area contributed by atoms with Crippen LogP contribution in [0.2, 0.25) is 0 Å². The first kappa shape index (κ1) is 23.4. The van der Waals surface area contributed by atoms with Crippen LogP contribution in [0.25, 0.3) is 0 Å². The molecule has 172 valence electrons. The molecule has 0 aromatic heterocycles. The maximum Gasteiger partial charge on any atom is 0.335 e. The van der Waals surface area contributed by atoms with Gasteiger partial charge < -0.3 is 14.3 Å². The molecule has 0 aromatic carbocycles. The van der Waals surface area contributed by atoms with Gasteiger partial charge in [0, 0.05) is 26.3 Å². The molecular formula is C22H33N3O6. The number of hydrogen-bond donors (Lipinski definition) is 0. The number of nitrogens with zero attached hydrogens (tertiary/aromatic N) is 3. The maximum atomic E-state index is 13.6. The largest absolute Gasteiger partial charge is 0.372 e. The van der Waals surface area contributed by atoms with Crippen molar-refractivity contribution in [2.24, 2.45) is 4.99 Å². The molecule has 9 heteroatoms. The minimum Gasteiger partial charge on any atom is -0.372 e. The number of ketones is 1. The van der Waals surface area contributed by atoms with E-state index in [4.69, 9.17) is 14.3 Å². The number of hydroxylamine groups is 2. The SMILES string of the molecule is CCC/N=C1/N(CCC)C(=O)C2=CC(=O)[C@@H](OCCC)[C@@H](OCCC)[C@@]23CC(=O)ON13.